The van der Waals surface area contributed by atoms with Crippen LogP contribution in [0, 0.1) is 5.92 Å². The molecular formula is C14H27N3O4. The Balaban J connectivity index is 4.86. The Hall–Kier alpha value is -1.79. The van der Waals surface area contributed by atoms with Gasteiger partial charge in [-0.2, -0.15) is 0 Å². The number of urea groups is 1. The molecule has 7 nitrogen and oxygen atoms in total. The summed E-state index contributed by atoms with van der Waals surface area (Å²) in [5.41, 5.74) is -0.489. The van der Waals surface area contributed by atoms with E-state index in [4.69, 9.17) is 5.11 Å². The van der Waals surface area contributed by atoms with Gasteiger partial charge in [-0.25, -0.2) is 4.79 Å². The summed E-state index contributed by atoms with van der Waals surface area (Å²) in [4.78, 5) is 37.7. The minimum atomic E-state index is -0.946. The van der Waals surface area contributed by atoms with Crippen molar-refractivity contribution < 1.29 is 19.5 Å². The van der Waals surface area contributed by atoms with Crippen molar-refractivity contribution in [2.75, 3.05) is 27.2 Å². The molecular weight excluding hydrogens is 274 g/mol. The topological polar surface area (TPSA) is 90.0 Å². The predicted octanol–water partition coefficient (Wildman–Crippen LogP) is 0.996. The highest BCUT2D eigenvalue weighted by Gasteiger charge is 2.30. The first kappa shape index (κ1) is 19.2. The normalized spacial score (nSPS) is 12.5. The molecule has 0 bridgehead atoms. The Kier molecular flexibility index (Phi) is 7.18. The minimum Gasteiger partial charge on any atom is -0.481 e. The van der Waals surface area contributed by atoms with E-state index >= 15 is 0 Å². The first-order chi connectivity index (χ1) is 9.50. The third kappa shape index (κ3) is 6.46. The molecule has 3 amide bonds. The molecule has 0 aromatic rings. The molecule has 0 saturated heterocycles. The van der Waals surface area contributed by atoms with Crippen molar-refractivity contribution in [2.45, 2.75) is 39.7 Å². The fraction of sp³-hybridized carbons (Fsp3) is 0.786. The number of nitrogens with one attached hydrogen (secondary N) is 1. The molecule has 122 valence electrons. The van der Waals surface area contributed by atoms with Crippen molar-refractivity contribution in [3.05, 3.63) is 0 Å². The zero-order chi connectivity index (χ0) is 16.8. The summed E-state index contributed by atoms with van der Waals surface area (Å²) in [5.74, 6) is -1.41. The van der Waals surface area contributed by atoms with Crippen molar-refractivity contribution in [3.8, 4) is 0 Å². The summed E-state index contributed by atoms with van der Waals surface area (Å²) >= 11 is 0. The lowest BCUT2D eigenvalue weighted by Crippen LogP contribution is -2.52. The van der Waals surface area contributed by atoms with E-state index in [1.54, 1.807) is 21.0 Å². The van der Waals surface area contributed by atoms with Gasteiger partial charge in [-0.3, -0.25) is 9.59 Å². The van der Waals surface area contributed by atoms with Crippen LogP contribution in [0.2, 0.25) is 0 Å². The zero-order valence-corrected chi connectivity index (χ0v) is 13.8. The molecule has 0 aliphatic rings. The number of carbonyl (C=O) groups excluding carboxylic acids is 2. The van der Waals surface area contributed by atoms with Gasteiger partial charge in [-0.15, -0.1) is 0 Å². The largest absolute Gasteiger partial charge is 0.481 e. The molecule has 0 fully saturated rings. The first-order valence-electron chi connectivity index (χ1n) is 6.96. The molecule has 7 heteroatoms. The van der Waals surface area contributed by atoms with Crippen LogP contribution >= 0.6 is 0 Å². The smallest absolute Gasteiger partial charge is 0.320 e. The summed E-state index contributed by atoms with van der Waals surface area (Å²) in [5, 5.41) is 11.3. The van der Waals surface area contributed by atoms with Crippen molar-refractivity contribution in [3.63, 3.8) is 0 Å². The monoisotopic (exact) mass is 301 g/mol. The molecule has 0 aliphatic heterocycles. The maximum Gasteiger partial charge on any atom is 0.320 e. The van der Waals surface area contributed by atoms with Crippen LogP contribution in [-0.2, 0) is 9.59 Å². The second kappa shape index (κ2) is 7.85. The molecule has 0 aliphatic carbocycles. The molecule has 0 aromatic carbocycles. The molecule has 0 aromatic heterocycles. The zero-order valence-electron chi connectivity index (χ0n) is 13.8. The van der Waals surface area contributed by atoms with Crippen molar-refractivity contribution in [2.24, 2.45) is 5.92 Å². The maximum atomic E-state index is 12.5. The van der Waals surface area contributed by atoms with Gasteiger partial charge < -0.3 is 20.2 Å². The molecule has 1 unspecified atom stereocenters. The van der Waals surface area contributed by atoms with E-state index < -0.39 is 11.5 Å². The van der Waals surface area contributed by atoms with Crippen LogP contribution in [0.1, 0.15) is 34.1 Å². The Morgan fingerprint density at radius 2 is 1.76 bits per heavy atom. The number of aliphatic carboxylic acids is 1. The van der Waals surface area contributed by atoms with Gasteiger partial charge in [0.15, 0.2) is 0 Å². The number of hydrogen-bond donors (Lipinski definition) is 2. The highest BCUT2D eigenvalue weighted by Crippen LogP contribution is 2.16. The standard InChI is InChI=1S/C14H27N3O4/c1-10(12(20)15-5)9-16(6)13(21)17(14(2,3)4)8-7-11(18)19/h10H,7-9H2,1-6H3,(H,15,20)(H,18,19). The fourth-order valence-corrected chi connectivity index (χ4v) is 1.95. The summed E-state index contributed by atoms with van der Waals surface area (Å²) in [6.07, 6.45) is -0.109. The van der Waals surface area contributed by atoms with Crippen LogP contribution < -0.4 is 5.32 Å². The second-order valence-corrected chi connectivity index (χ2v) is 6.14. The van der Waals surface area contributed by atoms with Crippen molar-refractivity contribution >= 4 is 17.9 Å². The number of carboxylic acids is 1. The maximum absolute atomic E-state index is 12.5. The molecule has 21 heavy (non-hydrogen) atoms. The highest BCUT2D eigenvalue weighted by atomic mass is 16.4. The predicted molar refractivity (Wildman–Crippen MR) is 80.0 cm³/mol. The summed E-state index contributed by atoms with van der Waals surface area (Å²) in [7, 11) is 3.16. The highest BCUT2D eigenvalue weighted by molar-refractivity contribution is 5.80. The molecule has 0 spiro atoms. The van der Waals surface area contributed by atoms with Gasteiger partial charge in [-0.05, 0) is 20.8 Å². The van der Waals surface area contributed by atoms with Crippen LogP contribution in [0.4, 0.5) is 4.79 Å². The first-order valence-corrected chi connectivity index (χ1v) is 6.96. The number of carboxylic acid groups (broad SMARTS) is 1. The second-order valence-electron chi connectivity index (χ2n) is 6.14. The van der Waals surface area contributed by atoms with Gasteiger partial charge in [0, 0.05) is 32.7 Å². The van der Waals surface area contributed by atoms with Crippen LogP contribution in [0.5, 0.6) is 0 Å². The van der Waals surface area contributed by atoms with Crippen LogP contribution in [-0.4, -0.2) is 65.5 Å². The molecule has 0 radical (unpaired) electrons. The lowest BCUT2D eigenvalue weighted by molar-refractivity contribution is -0.137. The van der Waals surface area contributed by atoms with Crippen LogP contribution in [0.3, 0.4) is 0 Å². The lowest BCUT2D eigenvalue weighted by atomic mass is 10.1. The lowest BCUT2D eigenvalue weighted by Gasteiger charge is -2.38. The Morgan fingerprint density at radius 1 is 1.24 bits per heavy atom. The van der Waals surface area contributed by atoms with Crippen LogP contribution in [0.15, 0.2) is 0 Å². The molecule has 2 N–H and O–H groups in total. The van der Waals surface area contributed by atoms with Gasteiger partial charge in [0.25, 0.3) is 0 Å². The van der Waals surface area contributed by atoms with E-state index in [9.17, 15) is 14.4 Å². The van der Waals surface area contributed by atoms with Gasteiger partial charge in [0.2, 0.25) is 5.91 Å². The third-order valence-corrected chi connectivity index (χ3v) is 3.16. The Morgan fingerprint density at radius 3 is 2.14 bits per heavy atom. The number of amides is 3. The van der Waals surface area contributed by atoms with E-state index in [1.165, 1.54) is 9.80 Å². The SMILES string of the molecule is CNC(=O)C(C)CN(C)C(=O)N(CCC(=O)O)C(C)(C)C. The van der Waals surface area contributed by atoms with E-state index in [2.05, 4.69) is 5.32 Å². The van der Waals surface area contributed by atoms with E-state index in [0.29, 0.717) is 0 Å². The van der Waals surface area contributed by atoms with Gasteiger partial charge in [-0.1, -0.05) is 6.92 Å². The van der Waals surface area contributed by atoms with Crippen LogP contribution in [0.25, 0.3) is 0 Å². The number of nitrogens with zero attached hydrogens (tertiary/aromatic N) is 2. The fourth-order valence-electron chi connectivity index (χ4n) is 1.95. The number of rotatable bonds is 6. The van der Waals surface area contributed by atoms with E-state index in [0.717, 1.165) is 0 Å². The average Bonchev–Trinajstić information content (AvgIpc) is 2.35. The van der Waals surface area contributed by atoms with E-state index in [-0.39, 0.29) is 37.4 Å². The van der Waals surface area contributed by atoms with Gasteiger partial charge in [0.05, 0.1) is 12.3 Å². The van der Waals surface area contributed by atoms with Gasteiger partial charge >= 0.3 is 12.0 Å². The Labute approximate surface area is 126 Å². The molecule has 0 saturated carbocycles. The number of carbonyl (C=O) groups is 3. The minimum absolute atomic E-state index is 0.109. The quantitative estimate of drug-likeness (QED) is 0.765. The van der Waals surface area contributed by atoms with Crippen molar-refractivity contribution in [1.29, 1.82) is 0 Å². The van der Waals surface area contributed by atoms with E-state index in [1.807, 2.05) is 20.8 Å². The third-order valence-electron chi connectivity index (χ3n) is 3.16. The summed E-state index contributed by atoms with van der Waals surface area (Å²) in [6, 6.07) is -0.278. The average molecular weight is 301 g/mol. The summed E-state index contributed by atoms with van der Waals surface area (Å²) in [6.45, 7) is 7.70. The molecule has 0 heterocycles. The van der Waals surface area contributed by atoms with Crippen molar-refractivity contribution in [1.82, 2.24) is 15.1 Å². The van der Waals surface area contributed by atoms with Gasteiger partial charge in [0.1, 0.15) is 0 Å². The number of hydrogen-bond acceptors (Lipinski definition) is 3. The molecule has 0 rings (SSSR count). The Bertz CT molecular complexity index is 390. The molecule has 1 atom stereocenters. The summed E-state index contributed by atoms with van der Waals surface area (Å²) < 4.78 is 0.